The Morgan fingerprint density at radius 1 is 1.50 bits per heavy atom. The van der Waals surface area contributed by atoms with Crippen LogP contribution in [0.4, 0.5) is 5.82 Å². The molecule has 0 bridgehead atoms. The largest absolute Gasteiger partial charge is 0.478 e. The molecule has 0 amide bonds. The van der Waals surface area contributed by atoms with E-state index in [1.165, 1.54) is 6.33 Å². The molecule has 14 heavy (non-hydrogen) atoms. The van der Waals surface area contributed by atoms with Crippen LogP contribution in [-0.4, -0.2) is 34.8 Å². The standard InChI is InChI=1S/C9H15N3O2/c1-2-14-9-6-8(11-7-12-9)10-4-3-5-13/h6-7,13H,2-5H2,1H3,(H,10,11,12). The van der Waals surface area contributed by atoms with Gasteiger partial charge in [0.25, 0.3) is 0 Å². The summed E-state index contributed by atoms with van der Waals surface area (Å²) in [6.45, 7) is 3.36. The third kappa shape index (κ3) is 3.57. The topological polar surface area (TPSA) is 67.3 Å². The number of hydrogen-bond donors (Lipinski definition) is 2. The fourth-order valence-electron chi connectivity index (χ4n) is 0.958. The molecule has 2 N–H and O–H groups in total. The van der Waals surface area contributed by atoms with Crippen LogP contribution in [0.25, 0.3) is 0 Å². The number of nitrogens with one attached hydrogen (secondary N) is 1. The molecule has 0 aromatic carbocycles. The first-order valence-corrected chi connectivity index (χ1v) is 4.66. The Morgan fingerprint density at radius 2 is 2.36 bits per heavy atom. The van der Waals surface area contributed by atoms with Gasteiger partial charge in [0.15, 0.2) is 0 Å². The third-order valence-corrected chi connectivity index (χ3v) is 1.58. The summed E-state index contributed by atoms with van der Waals surface area (Å²) in [4.78, 5) is 7.94. The maximum atomic E-state index is 8.59. The van der Waals surface area contributed by atoms with Crippen molar-refractivity contribution >= 4 is 5.82 Å². The molecule has 1 aromatic rings. The minimum Gasteiger partial charge on any atom is -0.478 e. The molecule has 0 unspecified atom stereocenters. The van der Waals surface area contributed by atoms with Crippen molar-refractivity contribution in [2.75, 3.05) is 25.1 Å². The molecule has 0 saturated carbocycles. The van der Waals surface area contributed by atoms with Crippen LogP contribution in [0, 0.1) is 0 Å². The number of anilines is 1. The summed E-state index contributed by atoms with van der Waals surface area (Å²) in [5, 5.41) is 11.6. The van der Waals surface area contributed by atoms with Crippen molar-refractivity contribution in [3.8, 4) is 5.88 Å². The Bertz CT molecular complexity index is 268. The molecule has 1 heterocycles. The van der Waals surface area contributed by atoms with E-state index >= 15 is 0 Å². The van der Waals surface area contributed by atoms with Gasteiger partial charge in [0.05, 0.1) is 6.61 Å². The van der Waals surface area contributed by atoms with E-state index in [2.05, 4.69) is 15.3 Å². The zero-order valence-electron chi connectivity index (χ0n) is 8.23. The van der Waals surface area contributed by atoms with Crippen molar-refractivity contribution < 1.29 is 9.84 Å². The third-order valence-electron chi connectivity index (χ3n) is 1.58. The van der Waals surface area contributed by atoms with Crippen molar-refractivity contribution in [3.05, 3.63) is 12.4 Å². The van der Waals surface area contributed by atoms with Crippen LogP contribution in [0.15, 0.2) is 12.4 Å². The van der Waals surface area contributed by atoms with Crippen molar-refractivity contribution in [1.29, 1.82) is 0 Å². The number of aromatic nitrogens is 2. The van der Waals surface area contributed by atoms with Crippen LogP contribution in [0.5, 0.6) is 5.88 Å². The van der Waals surface area contributed by atoms with E-state index in [0.717, 1.165) is 5.82 Å². The molecule has 0 saturated heterocycles. The van der Waals surface area contributed by atoms with E-state index < -0.39 is 0 Å². The Labute approximate surface area is 83.2 Å². The van der Waals surface area contributed by atoms with E-state index in [1.807, 2.05) is 6.92 Å². The molecule has 0 atom stereocenters. The van der Waals surface area contributed by atoms with Crippen molar-refractivity contribution in [2.45, 2.75) is 13.3 Å². The highest BCUT2D eigenvalue weighted by Gasteiger charge is 1.97. The van der Waals surface area contributed by atoms with Crippen molar-refractivity contribution in [1.82, 2.24) is 9.97 Å². The molecule has 0 aliphatic carbocycles. The molecule has 5 nitrogen and oxygen atoms in total. The number of ether oxygens (including phenoxy) is 1. The van der Waals surface area contributed by atoms with Gasteiger partial charge in [0.2, 0.25) is 5.88 Å². The minimum atomic E-state index is 0.177. The number of hydrogen-bond acceptors (Lipinski definition) is 5. The maximum Gasteiger partial charge on any atom is 0.218 e. The normalized spacial score (nSPS) is 9.86. The van der Waals surface area contributed by atoms with Crippen molar-refractivity contribution in [3.63, 3.8) is 0 Å². The van der Waals surface area contributed by atoms with Crippen LogP contribution >= 0.6 is 0 Å². The molecule has 78 valence electrons. The van der Waals surface area contributed by atoms with Gasteiger partial charge < -0.3 is 15.2 Å². The lowest BCUT2D eigenvalue weighted by Crippen LogP contribution is -2.05. The first-order chi connectivity index (χ1) is 6.86. The van der Waals surface area contributed by atoms with Gasteiger partial charge in [-0.3, -0.25) is 0 Å². The van der Waals surface area contributed by atoms with Gasteiger partial charge in [-0.05, 0) is 13.3 Å². The fraction of sp³-hybridized carbons (Fsp3) is 0.556. The second-order valence-electron chi connectivity index (χ2n) is 2.68. The molecule has 1 aromatic heterocycles. The Kier molecular flexibility index (Phi) is 4.71. The smallest absolute Gasteiger partial charge is 0.218 e. The van der Waals surface area contributed by atoms with Crippen molar-refractivity contribution in [2.24, 2.45) is 0 Å². The van der Waals surface area contributed by atoms with Gasteiger partial charge in [-0.15, -0.1) is 0 Å². The zero-order valence-corrected chi connectivity index (χ0v) is 8.23. The second kappa shape index (κ2) is 6.15. The number of aliphatic hydroxyl groups excluding tert-OH is 1. The van der Waals surface area contributed by atoms with Gasteiger partial charge in [-0.1, -0.05) is 0 Å². The van der Waals surface area contributed by atoms with E-state index in [4.69, 9.17) is 9.84 Å². The number of nitrogens with zero attached hydrogens (tertiary/aromatic N) is 2. The van der Waals surface area contributed by atoms with E-state index in [9.17, 15) is 0 Å². The molecular weight excluding hydrogens is 182 g/mol. The molecule has 1 rings (SSSR count). The molecule has 0 radical (unpaired) electrons. The molecule has 0 aliphatic heterocycles. The Morgan fingerprint density at radius 3 is 3.07 bits per heavy atom. The highest BCUT2D eigenvalue weighted by molar-refractivity contribution is 5.36. The van der Waals surface area contributed by atoms with Gasteiger partial charge in [0.1, 0.15) is 12.1 Å². The molecule has 0 spiro atoms. The zero-order chi connectivity index (χ0) is 10.2. The summed E-state index contributed by atoms with van der Waals surface area (Å²) in [6, 6.07) is 1.74. The molecule has 0 aliphatic rings. The lowest BCUT2D eigenvalue weighted by Gasteiger charge is -2.05. The Balaban J connectivity index is 2.46. The summed E-state index contributed by atoms with van der Waals surface area (Å²) >= 11 is 0. The van der Waals surface area contributed by atoms with Crippen LogP contribution in [0.1, 0.15) is 13.3 Å². The van der Waals surface area contributed by atoms with Crippen LogP contribution < -0.4 is 10.1 Å². The molecule has 5 heteroatoms. The average Bonchev–Trinajstić information content (AvgIpc) is 2.19. The van der Waals surface area contributed by atoms with Gasteiger partial charge in [-0.2, -0.15) is 0 Å². The summed E-state index contributed by atoms with van der Waals surface area (Å²) in [7, 11) is 0. The van der Waals surface area contributed by atoms with E-state index in [-0.39, 0.29) is 6.61 Å². The predicted molar refractivity (Wildman–Crippen MR) is 53.4 cm³/mol. The lowest BCUT2D eigenvalue weighted by molar-refractivity contribution is 0.292. The summed E-state index contributed by atoms with van der Waals surface area (Å²) in [5.74, 6) is 1.28. The predicted octanol–water partition coefficient (Wildman–Crippen LogP) is 0.670. The van der Waals surface area contributed by atoms with Gasteiger partial charge >= 0.3 is 0 Å². The van der Waals surface area contributed by atoms with E-state index in [1.54, 1.807) is 6.07 Å². The Hall–Kier alpha value is -1.36. The summed E-state index contributed by atoms with van der Waals surface area (Å²) < 4.78 is 5.21. The minimum absolute atomic E-state index is 0.177. The first kappa shape index (κ1) is 10.7. The summed E-state index contributed by atoms with van der Waals surface area (Å²) in [5.41, 5.74) is 0. The van der Waals surface area contributed by atoms with Crippen LogP contribution in [0.3, 0.4) is 0 Å². The van der Waals surface area contributed by atoms with Crippen LogP contribution in [0.2, 0.25) is 0 Å². The van der Waals surface area contributed by atoms with Gasteiger partial charge in [-0.25, -0.2) is 9.97 Å². The number of rotatable bonds is 6. The monoisotopic (exact) mass is 197 g/mol. The van der Waals surface area contributed by atoms with Crippen LogP contribution in [-0.2, 0) is 0 Å². The average molecular weight is 197 g/mol. The van der Waals surface area contributed by atoms with E-state index in [0.29, 0.717) is 25.5 Å². The fourth-order valence-corrected chi connectivity index (χ4v) is 0.958. The first-order valence-electron chi connectivity index (χ1n) is 4.66. The summed E-state index contributed by atoms with van der Waals surface area (Å²) in [6.07, 6.45) is 2.15. The highest BCUT2D eigenvalue weighted by Crippen LogP contribution is 2.10. The quantitative estimate of drug-likeness (QED) is 0.656. The second-order valence-corrected chi connectivity index (χ2v) is 2.68. The maximum absolute atomic E-state index is 8.59. The van der Waals surface area contributed by atoms with Gasteiger partial charge in [0, 0.05) is 19.2 Å². The SMILES string of the molecule is CCOc1cc(NCCCO)ncn1. The molecular formula is C9H15N3O2. The highest BCUT2D eigenvalue weighted by atomic mass is 16.5. The number of aliphatic hydroxyl groups is 1. The molecule has 0 fully saturated rings. The lowest BCUT2D eigenvalue weighted by atomic mass is 10.4.